The Morgan fingerprint density at radius 1 is 1.04 bits per heavy atom. The van der Waals surface area contributed by atoms with Gasteiger partial charge < -0.3 is 15.1 Å². The molecule has 3 aliphatic rings. The standard InChI is InChI=1S/C20H27N3O2/c1-22(19(24)14-6-7-14)18-5-3-2-4-17(18)20(25)23-10-8-15-12-21-13-16(15)9-11-23/h2-5,14-16,21H,6-13H2,1H3/t15-,16+. The SMILES string of the molecule is CN(C(=O)C1CC1)c1ccccc1C(=O)N1CC[C@@H]2CNC[C@@H]2CC1. The fourth-order valence-electron chi connectivity index (χ4n) is 4.26. The van der Waals surface area contributed by atoms with E-state index in [2.05, 4.69) is 5.32 Å². The lowest BCUT2D eigenvalue weighted by Gasteiger charge is -2.25. The van der Waals surface area contributed by atoms with Crippen LogP contribution in [-0.2, 0) is 4.79 Å². The molecule has 3 fully saturated rings. The van der Waals surface area contributed by atoms with Crippen LogP contribution < -0.4 is 10.2 Å². The molecule has 1 N–H and O–H groups in total. The molecule has 25 heavy (non-hydrogen) atoms. The van der Waals surface area contributed by atoms with E-state index >= 15 is 0 Å². The highest BCUT2D eigenvalue weighted by molar-refractivity contribution is 6.05. The summed E-state index contributed by atoms with van der Waals surface area (Å²) in [5.74, 6) is 1.76. The first-order valence-electron chi connectivity index (χ1n) is 9.51. The predicted octanol–water partition coefficient (Wildman–Crippen LogP) is 2.13. The molecule has 5 nitrogen and oxygen atoms in total. The fourth-order valence-corrected chi connectivity index (χ4v) is 4.26. The maximum atomic E-state index is 13.2. The monoisotopic (exact) mass is 341 g/mol. The van der Waals surface area contributed by atoms with Crippen LogP contribution in [0.25, 0.3) is 0 Å². The molecule has 2 amide bonds. The number of hydrogen-bond donors (Lipinski definition) is 1. The van der Waals surface area contributed by atoms with E-state index in [1.165, 1.54) is 0 Å². The van der Waals surface area contributed by atoms with E-state index in [4.69, 9.17) is 0 Å². The Morgan fingerprint density at radius 2 is 1.68 bits per heavy atom. The Morgan fingerprint density at radius 3 is 2.32 bits per heavy atom. The normalized spacial score (nSPS) is 26.0. The fraction of sp³-hybridized carbons (Fsp3) is 0.600. The highest BCUT2D eigenvalue weighted by Crippen LogP contribution is 2.34. The zero-order valence-electron chi connectivity index (χ0n) is 14.9. The van der Waals surface area contributed by atoms with Crippen LogP contribution in [0.4, 0.5) is 5.69 Å². The lowest BCUT2D eigenvalue weighted by molar-refractivity contribution is -0.119. The predicted molar refractivity (Wildman–Crippen MR) is 97.6 cm³/mol. The molecule has 0 unspecified atom stereocenters. The number of fused-ring (bicyclic) bond motifs is 1. The number of likely N-dealkylation sites (tertiary alicyclic amines) is 1. The number of nitrogens with one attached hydrogen (secondary N) is 1. The van der Waals surface area contributed by atoms with Crippen molar-refractivity contribution in [3.05, 3.63) is 29.8 Å². The number of para-hydroxylation sites is 1. The minimum atomic E-state index is 0.0685. The minimum absolute atomic E-state index is 0.0685. The molecule has 1 aliphatic carbocycles. The van der Waals surface area contributed by atoms with Gasteiger partial charge in [-0.15, -0.1) is 0 Å². The lowest BCUT2D eigenvalue weighted by atomic mass is 9.92. The molecule has 1 saturated carbocycles. The molecule has 2 aliphatic heterocycles. The average Bonchev–Trinajstić information content (AvgIpc) is 3.43. The second kappa shape index (κ2) is 6.79. The van der Waals surface area contributed by atoms with Gasteiger partial charge in [-0.25, -0.2) is 0 Å². The van der Waals surface area contributed by atoms with E-state index in [0.717, 1.165) is 57.5 Å². The van der Waals surface area contributed by atoms with Gasteiger partial charge in [-0.1, -0.05) is 12.1 Å². The Labute approximate surface area is 149 Å². The van der Waals surface area contributed by atoms with Crippen LogP contribution in [0.3, 0.4) is 0 Å². The lowest BCUT2D eigenvalue weighted by Crippen LogP contribution is -2.35. The van der Waals surface area contributed by atoms with Crippen LogP contribution in [0, 0.1) is 17.8 Å². The first-order valence-corrected chi connectivity index (χ1v) is 9.51. The zero-order chi connectivity index (χ0) is 17.4. The molecule has 134 valence electrons. The quantitative estimate of drug-likeness (QED) is 0.916. The summed E-state index contributed by atoms with van der Waals surface area (Å²) < 4.78 is 0. The Bertz CT molecular complexity index is 657. The van der Waals surface area contributed by atoms with Crippen molar-refractivity contribution in [2.45, 2.75) is 25.7 Å². The Hall–Kier alpha value is -1.88. The summed E-state index contributed by atoms with van der Waals surface area (Å²) in [5, 5.41) is 3.47. The molecular weight excluding hydrogens is 314 g/mol. The number of amides is 2. The van der Waals surface area contributed by atoms with E-state index < -0.39 is 0 Å². The van der Waals surface area contributed by atoms with Crippen molar-refractivity contribution in [3.8, 4) is 0 Å². The largest absolute Gasteiger partial charge is 0.339 e. The zero-order valence-corrected chi connectivity index (χ0v) is 14.9. The molecule has 0 radical (unpaired) electrons. The summed E-state index contributed by atoms with van der Waals surface area (Å²) in [5.41, 5.74) is 1.40. The number of anilines is 1. The van der Waals surface area contributed by atoms with Gasteiger partial charge in [0, 0.05) is 26.1 Å². The number of nitrogens with zero attached hydrogens (tertiary/aromatic N) is 2. The summed E-state index contributed by atoms with van der Waals surface area (Å²) in [6, 6.07) is 7.55. The van der Waals surface area contributed by atoms with Crippen LogP contribution in [0.15, 0.2) is 24.3 Å². The van der Waals surface area contributed by atoms with Crippen molar-refractivity contribution in [3.63, 3.8) is 0 Å². The van der Waals surface area contributed by atoms with Crippen molar-refractivity contribution in [1.82, 2.24) is 10.2 Å². The first-order chi connectivity index (χ1) is 12.1. The van der Waals surface area contributed by atoms with Gasteiger partial charge in [0.1, 0.15) is 0 Å². The molecule has 0 aromatic heterocycles. The maximum Gasteiger partial charge on any atom is 0.255 e. The van der Waals surface area contributed by atoms with Crippen LogP contribution in [0.2, 0.25) is 0 Å². The third-order valence-electron chi connectivity index (χ3n) is 6.06. The van der Waals surface area contributed by atoms with Gasteiger partial charge in [0.25, 0.3) is 5.91 Å². The van der Waals surface area contributed by atoms with Gasteiger partial charge in [-0.2, -0.15) is 0 Å². The second-order valence-corrected chi connectivity index (χ2v) is 7.74. The third kappa shape index (κ3) is 3.30. The van der Waals surface area contributed by atoms with Gasteiger partial charge in [0.15, 0.2) is 0 Å². The van der Waals surface area contributed by atoms with Gasteiger partial charge in [0.05, 0.1) is 11.3 Å². The highest BCUT2D eigenvalue weighted by atomic mass is 16.2. The maximum absolute atomic E-state index is 13.2. The van der Waals surface area contributed by atoms with Crippen molar-refractivity contribution < 1.29 is 9.59 Å². The molecule has 4 rings (SSSR count). The molecule has 5 heteroatoms. The number of carbonyl (C=O) groups excluding carboxylic acids is 2. The van der Waals surface area contributed by atoms with Crippen molar-refractivity contribution >= 4 is 17.5 Å². The van der Waals surface area contributed by atoms with Crippen molar-refractivity contribution in [1.29, 1.82) is 0 Å². The number of carbonyl (C=O) groups is 2. The molecule has 2 heterocycles. The van der Waals surface area contributed by atoms with Crippen LogP contribution in [0.5, 0.6) is 0 Å². The molecule has 1 aromatic carbocycles. The van der Waals surface area contributed by atoms with Crippen molar-refractivity contribution in [2.24, 2.45) is 17.8 Å². The number of hydrogen-bond acceptors (Lipinski definition) is 3. The molecule has 2 atom stereocenters. The molecule has 0 bridgehead atoms. The van der Waals surface area contributed by atoms with E-state index in [1.807, 2.05) is 29.2 Å². The van der Waals surface area contributed by atoms with Crippen LogP contribution in [0.1, 0.15) is 36.0 Å². The molecular formula is C20H27N3O2. The van der Waals surface area contributed by atoms with Crippen LogP contribution >= 0.6 is 0 Å². The second-order valence-electron chi connectivity index (χ2n) is 7.74. The summed E-state index contributed by atoms with van der Waals surface area (Å²) in [4.78, 5) is 29.3. The van der Waals surface area contributed by atoms with E-state index in [-0.39, 0.29) is 17.7 Å². The smallest absolute Gasteiger partial charge is 0.255 e. The Kier molecular flexibility index (Phi) is 4.50. The number of benzene rings is 1. The molecule has 0 spiro atoms. The number of rotatable bonds is 3. The van der Waals surface area contributed by atoms with Gasteiger partial charge in [0.2, 0.25) is 5.91 Å². The molecule has 1 aromatic rings. The highest BCUT2D eigenvalue weighted by Gasteiger charge is 2.35. The van der Waals surface area contributed by atoms with Gasteiger partial charge in [-0.3, -0.25) is 9.59 Å². The van der Waals surface area contributed by atoms with E-state index in [1.54, 1.807) is 11.9 Å². The van der Waals surface area contributed by atoms with E-state index in [9.17, 15) is 9.59 Å². The van der Waals surface area contributed by atoms with Gasteiger partial charge in [-0.05, 0) is 62.7 Å². The van der Waals surface area contributed by atoms with Crippen LogP contribution in [-0.4, -0.2) is 49.9 Å². The molecule has 2 saturated heterocycles. The summed E-state index contributed by atoms with van der Waals surface area (Å²) in [6.45, 7) is 3.80. The third-order valence-corrected chi connectivity index (χ3v) is 6.06. The van der Waals surface area contributed by atoms with Crippen molar-refractivity contribution in [2.75, 3.05) is 38.1 Å². The average molecular weight is 341 g/mol. The summed E-state index contributed by atoms with van der Waals surface area (Å²) in [6.07, 6.45) is 4.09. The Balaban J connectivity index is 1.52. The first kappa shape index (κ1) is 16.6. The minimum Gasteiger partial charge on any atom is -0.339 e. The van der Waals surface area contributed by atoms with E-state index in [0.29, 0.717) is 17.4 Å². The summed E-state index contributed by atoms with van der Waals surface area (Å²) >= 11 is 0. The topological polar surface area (TPSA) is 52.7 Å². The van der Waals surface area contributed by atoms with Gasteiger partial charge >= 0.3 is 0 Å². The summed E-state index contributed by atoms with van der Waals surface area (Å²) in [7, 11) is 1.80.